The van der Waals surface area contributed by atoms with Crippen LogP contribution in [0.3, 0.4) is 0 Å². The number of imidazole rings is 1. The number of aromatic nitrogens is 4. The topological polar surface area (TPSA) is 381 Å². The Hall–Kier alpha value is -2.77. The van der Waals surface area contributed by atoms with E-state index in [2.05, 4.69) is 34.4 Å². The number of nitrogen functional groups attached to an aromatic ring is 1. The Labute approximate surface area is 335 Å². The molecule has 2 aromatic heterocycles. The molecule has 1 saturated heterocycles. The van der Waals surface area contributed by atoms with Gasteiger partial charge in [0.25, 0.3) is 0 Å². The number of hydrogen-bond donors (Lipinski definition) is 9. The first-order valence-electron chi connectivity index (χ1n) is 17.5. The van der Waals surface area contributed by atoms with E-state index in [1.807, 2.05) is 6.92 Å². The van der Waals surface area contributed by atoms with Crippen molar-refractivity contribution in [1.82, 2.24) is 30.2 Å². The fourth-order valence-corrected chi connectivity index (χ4v) is 8.61. The van der Waals surface area contributed by atoms with Crippen LogP contribution in [-0.2, 0) is 55.5 Å². The van der Waals surface area contributed by atoms with E-state index in [0.29, 0.717) is 6.42 Å². The van der Waals surface area contributed by atoms with Crippen molar-refractivity contribution in [3.8, 4) is 0 Å². The van der Waals surface area contributed by atoms with Crippen LogP contribution in [0.15, 0.2) is 12.7 Å². The lowest BCUT2D eigenvalue weighted by atomic mass is 9.87. The summed E-state index contributed by atoms with van der Waals surface area (Å²) in [6.07, 6.45) is -4.60. The molecular weight excluding hydrogens is 859 g/mol. The number of aliphatic hydroxyl groups is 2. The van der Waals surface area contributed by atoms with E-state index in [4.69, 9.17) is 19.5 Å². The summed E-state index contributed by atoms with van der Waals surface area (Å²) in [5.41, 5.74) is 4.23. The van der Waals surface area contributed by atoms with Gasteiger partial charge in [0.15, 0.2) is 22.8 Å². The smallest absolute Gasteiger partial charge is 0.386 e. The second-order valence-corrected chi connectivity index (χ2v) is 18.8. The van der Waals surface area contributed by atoms with Gasteiger partial charge in [0, 0.05) is 49.9 Å². The number of anilines is 1. The molecule has 0 aromatic carbocycles. The van der Waals surface area contributed by atoms with Gasteiger partial charge in [-0.15, -0.1) is 0 Å². The van der Waals surface area contributed by atoms with Crippen molar-refractivity contribution in [3.05, 3.63) is 12.7 Å². The van der Waals surface area contributed by atoms with Gasteiger partial charge in [-0.05, 0) is 6.42 Å². The highest BCUT2D eigenvalue weighted by atomic mass is 32.2. The normalized spacial score (nSPS) is 21.3. The zero-order chi connectivity index (χ0) is 43.5. The van der Waals surface area contributed by atoms with Crippen LogP contribution >= 0.6 is 35.2 Å². The van der Waals surface area contributed by atoms with Gasteiger partial charge in [0.05, 0.1) is 19.5 Å². The Bertz CT molecular complexity index is 1900. The number of amides is 2. The molecule has 1 fully saturated rings. The molecule has 3 rings (SSSR count). The van der Waals surface area contributed by atoms with Gasteiger partial charge < -0.3 is 50.9 Å². The quantitative estimate of drug-likeness (QED) is 0.0475. The van der Waals surface area contributed by atoms with Crippen LogP contribution < -0.4 is 16.4 Å². The number of fused-ring (bicyclic) bond motifs is 1. The number of phosphoric ester groups is 3. The number of carbonyl (C=O) groups is 4. The van der Waals surface area contributed by atoms with E-state index >= 15 is 0 Å². The number of aliphatic hydroxyl groups excluding tert-OH is 2. The van der Waals surface area contributed by atoms with Crippen molar-refractivity contribution in [2.75, 3.05) is 37.8 Å². The zero-order valence-electron chi connectivity index (χ0n) is 31.5. The highest BCUT2D eigenvalue weighted by Crippen LogP contribution is 2.61. The molecule has 328 valence electrons. The molecule has 1 aliphatic heterocycles. The highest BCUT2D eigenvalue weighted by molar-refractivity contribution is 8.13. The first-order chi connectivity index (χ1) is 26.9. The number of nitrogens with one attached hydrogen (secondary N) is 2. The number of nitrogens with two attached hydrogens (primary N) is 1. The van der Waals surface area contributed by atoms with Crippen molar-refractivity contribution in [2.45, 2.75) is 89.9 Å². The summed E-state index contributed by atoms with van der Waals surface area (Å²) in [5, 5.41) is 26.2. The van der Waals surface area contributed by atoms with Crippen LogP contribution in [0, 0.1) is 5.41 Å². The Morgan fingerprint density at radius 3 is 2.36 bits per heavy atom. The molecule has 58 heavy (non-hydrogen) atoms. The summed E-state index contributed by atoms with van der Waals surface area (Å²) < 4.78 is 62.1. The van der Waals surface area contributed by atoms with Crippen LogP contribution in [0.2, 0.25) is 0 Å². The summed E-state index contributed by atoms with van der Waals surface area (Å²) in [4.78, 5) is 99.3. The van der Waals surface area contributed by atoms with Crippen LogP contribution in [0.4, 0.5) is 5.82 Å². The van der Waals surface area contributed by atoms with E-state index < -0.39 is 84.6 Å². The van der Waals surface area contributed by atoms with Crippen LogP contribution in [0.5, 0.6) is 0 Å². The highest BCUT2D eigenvalue weighted by Gasteiger charge is 2.50. The van der Waals surface area contributed by atoms with E-state index in [1.54, 1.807) is 0 Å². The van der Waals surface area contributed by atoms with Crippen LogP contribution in [0.25, 0.3) is 11.2 Å². The number of carbonyl (C=O) groups excluding carboxylic acids is 4. The predicted octanol–water partition coefficient (Wildman–Crippen LogP) is 0.204. The maximum Gasteiger partial charge on any atom is 0.481 e. The number of unbranched alkanes of at least 4 members (excludes halogenated alkanes) is 1. The average Bonchev–Trinajstić information content (AvgIpc) is 3.69. The first-order valence-corrected chi connectivity index (χ1v) is 23.0. The molecule has 1 aliphatic rings. The minimum Gasteiger partial charge on any atom is -0.386 e. The number of Topliss-reactive ketones (excluding diaryl/α,β-unsaturated/α-hetero) is 1. The van der Waals surface area contributed by atoms with E-state index in [0.717, 1.165) is 41.8 Å². The van der Waals surface area contributed by atoms with E-state index in [1.165, 1.54) is 13.8 Å². The molecule has 0 saturated carbocycles. The van der Waals surface area contributed by atoms with Gasteiger partial charge in [-0.25, -0.2) is 28.6 Å². The minimum atomic E-state index is -5.58. The zero-order valence-corrected chi connectivity index (χ0v) is 35.0. The molecule has 3 heterocycles. The third-order valence-corrected chi connectivity index (χ3v) is 12.2. The van der Waals surface area contributed by atoms with E-state index in [-0.39, 0.29) is 66.0 Å². The number of thioether (sulfide) groups is 1. The SMILES string of the molecule is CCCCC(=O)CCC(=O)SCCNC(=O)CCNC(=O)[C@H](O)C(C)(C)COP(=O)(O)OP(=O)(O)OC[C@H]1O[C@@H](n2cnc3c(N)ncnc32)[C@H](O)[C@@H]1OP(=O)(O)O. The molecule has 0 spiro atoms. The van der Waals surface area contributed by atoms with Crippen LogP contribution in [-0.4, -0.2) is 128 Å². The predicted molar refractivity (Wildman–Crippen MR) is 201 cm³/mol. The fraction of sp³-hybridized carbons (Fsp3) is 0.690. The van der Waals surface area contributed by atoms with Gasteiger partial charge >= 0.3 is 23.5 Å². The molecule has 25 nitrogen and oxygen atoms in total. The molecule has 0 radical (unpaired) electrons. The molecule has 2 unspecified atom stereocenters. The number of hydrogen-bond acceptors (Lipinski definition) is 19. The fourth-order valence-electron chi connectivity index (χ4n) is 5.11. The second-order valence-electron chi connectivity index (χ2n) is 13.4. The summed E-state index contributed by atoms with van der Waals surface area (Å²) in [6, 6.07) is 0. The van der Waals surface area contributed by atoms with Gasteiger partial charge in [0.2, 0.25) is 11.8 Å². The Morgan fingerprint density at radius 1 is 1.00 bits per heavy atom. The molecule has 10 N–H and O–H groups in total. The molecule has 29 heteroatoms. The molecule has 0 aliphatic carbocycles. The maximum absolute atomic E-state index is 12.7. The summed E-state index contributed by atoms with van der Waals surface area (Å²) in [7, 11) is -16.4. The van der Waals surface area contributed by atoms with Crippen molar-refractivity contribution in [2.24, 2.45) is 5.41 Å². The van der Waals surface area contributed by atoms with Crippen molar-refractivity contribution in [3.63, 3.8) is 0 Å². The molecule has 2 aromatic rings. The van der Waals surface area contributed by atoms with Gasteiger partial charge in [-0.1, -0.05) is 39.0 Å². The third-order valence-electron chi connectivity index (χ3n) is 8.18. The number of phosphoric acid groups is 3. The Balaban J connectivity index is 1.45. The maximum atomic E-state index is 12.7. The minimum absolute atomic E-state index is 0.0255. The monoisotopic (exact) mass is 907 g/mol. The molecule has 7 atom stereocenters. The number of nitrogens with zero attached hydrogens (tertiary/aromatic N) is 4. The molecule has 0 bridgehead atoms. The number of ketones is 1. The summed E-state index contributed by atoms with van der Waals surface area (Å²) in [5.74, 6) is -1.21. The van der Waals surface area contributed by atoms with Crippen molar-refractivity contribution >= 4 is 74.9 Å². The summed E-state index contributed by atoms with van der Waals surface area (Å²) >= 11 is 0.984. The largest absolute Gasteiger partial charge is 0.481 e. The van der Waals surface area contributed by atoms with Gasteiger partial charge in [-0.2, -0.15) is 4.31 Å². The Kier molecular flexibility index (Phi) is 18.5. The van der Waals surface area contributed by atoms with Gasteiger partial charge in [0.1, 0.15) is 42.0 Å². The third kappa shape index (κ3) is 15.7. The van der Waals surface area contributed by atoms with Crippen molar-refractivity contribution in [1.29, 1.82) is 0 Å². The lowest BCUT2D eigenvalue weighted by Gasteiger charge is -2.30. The van der Waals surface area contributed by atoms with E-state index in [9.17, 15) is 62.7 Å². The number of rotatable bonds is 25. The van der Waals surface area contributed by atoms with Gasteiger partial charge in [-0.3, -0.25) is 37.3 Å². The average molecular weight is 908 g/mol. The molecular formula is C29H48N7O18P3S. The standard InChI is InChI=1S/C29H48N7O18P3S/c1-4-5-6-17(37)7-8-20(39)58-12-11-31-19(38)9-10-32-27(42)24(41)29(2,3)14-51-57(48,49)54-56(46,47)50-13-18-23(53-55(43,44)45)22(40)28(52-18)36-16-35-21-25(30)33-15-34-26(21)36/h15-16,18,22-24,28,40-41H,4-14H2,1-3H3,(H,31,38)(H,32,42)(H,46,47)(H,48,49)(H2,30,33,34)(H2,43,44,45)/t18-,22-,23-,24+,28-/m1/s1. The second kappa shape index (κ2) is 21.7. The lowest BCUT2D eigenvalue weighted by Crippen LogP contribution is -2.46. The summed E-state index contributed by atoms with van der Waals surface area (Å²) in [6.45, 7) is 2.33. The lowest BCUT2D eigenvalue weighted by molar-refractivity contribution is -0.137. The Morgan fingerprint density at radius 2 is 1.69 bits per heavy atom. The molecule has 2 amide bonds. The van der Waals surface area contributed by atoms with Crippen LogP contribution in [0.1, 0.15) is 65.5 Å². The number of ether oxygens (including phenoxy) is 1. The first kappa shape index (κ1) is 49.6. The van der Waals surface area contributed by atoms with Crippen molar-refractivity contribution < 1.29 is 85.3 Å².